The average molecular weight is 258 g/mol. The Morgan fingerprint density at radius 1 is 0.842 bits per heavy atom. The molecule has 2 rings (SSSR count). The van der Waals surface area contributed by atoms with Crippen molar-refractivity contribution in [3.63, 3.8) is 0 Å². The molecule has 0 heteroatoms. The molecule has 0 aliphatic carbocycles. The number of hydrogen-bond donors (Lipinski definition) is 0. The molecule has 0 aliphatic rings. The minimum atomic E-state index is 0.542. The fraction of sp³-hybridized carbons (Fsp3) is 0.474. The van der Waals surface area contributed by atoms with Crippen molar-refractivity contribution in [2.45, 2.75) is 54.9 Å². The number of hydrogen-bond acceptors (Lipinski definition) is 0. The first-order chi connectivity index (χ1) is 8.92. The summed E-state index contributed by atoms with van der Waals surface area (Å²) in [6, 6.07) is 14.9. The molecule has 19 heavy (non-hydrogen) atoms. The van der Waals surface area contributed by atoms with Gasteiger partial charge in [0, 0.05) is 0 Å². The maximum Gasteiger partial charge on any atom is -0.0181 e. The van der Waals surface area contributed by atoms with Crippen molar-refractivity contribution in [3.05, 3.63) is 48.0 Å². The lowest BCUT2D eigenvalue weighted by atomic mass is 9.94. The van der Waals surface area contributed by atoms with E-state index < -0.39 is 0 Å². The van der Waals surface area contributed by atoms with Crippen LogP contribution in [0.15, 0.2) is 42.5 Å². The molecule has 0 aromatic heterocycles. The Balaban J connectivity index is 0.000000350. The smallest absolute Gasteiger partial charge is 0.0181 e. The van der Waals surface area contributed by atoms with Crippen LogP contribution in [0.4, 0.5) is 0 Å². The minimum Gasteiger partial charge on any atom is -0.0683 e. The van der Waals surface area contributed by atoms with Crippen LogP contribution in [0, 0.1) is 12.3 Å². The van der Waals surface area contributed by atoms with Gasteiger partial charge in [0.15, 0.2) is 0 Å². The summed E-state index contributed by atoms with van der Waals surface area (Å²) < 4.78 is 0. The normalized spacial score (nSPS) is 10.1. The van der Waals surface area contributed by atoms with Gasteiger partial charge in [0.1, 0.15) is 0 Å². The summed E-state index contributed by atoms with van der Waals surface area (Å²) in [6.45, 7) is 15.1. The first-order valence-electron chi connectivity index (χ1n) is 7.38. The summed E-state index contributed by atoms with van der Waals surface area (Å²) in [7, 11) is 0. The highest BCUT2D eigenvalue weighted by Gasteiger charge is 2.03. The first-order valence-corrected chi connectivity index (χ1v) is 7.38. The molecular formula is C19H30. The molecular weight excluding hydrogens is 228 g/mol. The number of aryl methyl sites for hydroxylation is 1. The second kappa shape index (κ2) is 8.74. The van der Waals surface area contributed by atoms with Crippen LogP contribution < -0.4 is 0 Å². The van der Waals surface area contributed by atoms with Crippen LogP contribution in [0.1, 0.15) is 53.5 Å². The molecule has 0 amide bonds. The molecule has 0 bridgehead atoms. The third-order valence-electron chi connectivity index (χ3n) is 2.97. The fourth-order valence-corrected chi connectivity index (χ4v) is 1.31. The van der Waals surface area contributed by atoms with Gasteiger partial charge in [0.05, 0.1) is 0 Å². The lowest BCUT2D eigenvalue weighted by Gasteiger charge is -2.12. The van der Waals surface area contributed by atoms with Gasteiger partial charge >= 0.3 is 0 Å². The van der Waals surface area contributed by atoms with E-state index in [2.05, 4.69) is 77.1 Å². The van der Waals surface area contributed by atoms with Gasteiger partial charge in [-0.1, -0.05) is 96.0 Å². The van der Waals surface area contributed by atoms with E-state index in [0.29, 0.717) is 5.41 Å². The van der Waals surface area contributed by atoms with E-state index in [1.807, 2.05) is 13.8 Å². The zero-order chi connectivity index (χ0) is 14.9. The zero-order valence-corrected chi connectivity index (χ0v) is 13.7. The van der Waals surface area contributed by atoms with Crippen molar-refractivity contribution in [2.24, 2.45) is 5.41 Å². The van der Waals surface area contributed by atoms with Crippen molar-refractivity contribution in [1.82, 2.24) is 0 Å². The summed E-state index contributed by atoms with van der Waals surface area (Å²) in [5.41, 5.74) is 1.86. The van der Waals surface area contributed by atoms with Crippen LogP contribution in [0.2, 0.25) is 0 Å². The molecule has 0 fully saturated rings. The molecule has 0 nitrogen and oxygen atoms in total. The molecule has 0 heterocycles. The highest BCUT2D eigenvalue weighted by molar-refractivity contribution is 5.82. The predicted molar refractivity (Wildman–Crippen MR) is 89.8 cm³/mol. The third-order valence-corrected chi connectivity index (χ3v) is 2.97. The summed E-state index contributed by atoms with van der Waals surface area (Å²) in [5, 5.41) is 2.64. The second-order valence-corrected chi connectivity index (χ2v) is 5.76. The molecule has 0 N–H and O–H groups in total. The van der Waals surface area contributed by atoms with E-state index in [1.54, 1.807) is 0 Å². The van der Waals surface area contributed by atoms with Crippen LogP contribution in [0.25, 0.3) is 10.8 Å². The van der Waals surface area contributed by atoms with Crippen LogP contribution in [0.5, 0.6) is 0 Å². The molecule has 0 aliphatic heterocycles. The summed E-state index contributed by atoms with van der Waals surface area (Å²) >= 11 is 0. The molecule has 0 saturated carbocycles. The van der Waals surface area contributed by atoms with Gasteiger partial charge in [-0.15, -0.1) is 0 Å². The van der Waals surface area contributed by atoms with Gasteiger partial charge in [-0.05, 0) is 23.1 Å². The Bertz CT molecular complexity index is 461. The molecule has 0 spiro atoms. The highest BCUT2D eigenvalue weighted by Crippen LogP contribution is 2.16. The fourth-order valence-electron chi connectivity index (χ4n) is 1.31. The Labute approximate surface area is 119 Å². The molecule has 0 saturated heterocycles. The van der Waals surface area contributed by atoms with E-state index in [1.165, 1.54) is 22.8 Å². The van der Waals surface area contributed by atoms with Crippen LogP contribution in [-0.4, -0.2) is 0 Å². The van der Waals surface area contributed by atoms with E-state index >= 15 is 0 Å². The lowest BCUT2D eigenvalue weighted by molar-refractivity contribution is 0.398. The lowest BCUT2D eigenvalue weighted by Crippen LogP contribution is -2.00. The van der Waals surface area contributed by atoms with Crippen LogP contribution in [0.3, 0.4) is 0 Å². The largest absolute Gasteiger partial charge is 0.0683 e. The SMILES string of the molecule is CC.CCC(C)(C)C.Cc1ccc2ccccc2c1. The van der Waals surface area contributed by atoms with Crippen molar-refractivity contribution < 1.29 is 0 Å². The maximum atomic E-state index is 2.24. The van der Waals surface area contributed by atoms with Crippen LogP contribution >= 0.6 is 0 Å². The van der Waals surface area contributed by atoms with Crippen molar-refractivity contribution in [1.29, 1.82) is 0 Å². The van der Waals surface area contributed by atoms with E-state index in [9.17, 15) is 0 Å². The molecule has 2 aromatic carbocycles. The molecule has 2 aromatic rings. The van der Waals surface area contributed by atoms with E-state index in [0.717, 1.165) is 0 Å². The van der Waals surface area contributed by atoms with Gasteiger partial charge in [0.2, 0.25) is 0 Å². The van der Waals surface area contributed by atoms with Crippen LogP contribution in [-0.2, 0) is 0 Å². The predicted octanol–water partition coefficient (Wildman–Crippen LogP) is 6.62. The van der Waals surface area contributed by atoms with Gasteiger partial charge in [-0.25, -0.2) is 0 Å². The highest BCUT2D eigenvalue weighted by atomic mass is 14.1. The van der Waals surface area contributed by atoms with E-state index in [4.69, 9.17) is 0 Å². The van der Waals surface area contributed by atoms with Crippen molar-refractivity contribution in [2.75, 3.05) is 0 Å². The summed E-state index contributed by atoms with van der Waals surface area (Å²) in [6.07, 6.45) is 1.27. The van der Waals surface area contributed by atoms with Gasteiger partial charge in [0.25, 0.3) is 0 Å². The Hall–Kier alpha value is -1.30. The zero-order valence-electron chi connectivity index (χ0n) is 13.7. The van der Waals surface area contributed by atoms with Gasteiger partial charge in [-0.3, -0.25) is 0 Å². The molecule has 0 unspecified atom stereocenters. The minimum absolute atomic E-state index is 0.542. The monoisotopic (exact) mass is 258 g/mol. The topological polar surface area (TPSA) is 0 Å². The Kier molecular flexibility index (Phi) is 8.14. The maximum absolute atomic E-state index is 2.24. The first kappa shape index (κ1) is 17.7. The van der Waals surface area contributed by atoms with Gasteiger partial charge < -0.3 is 0 Å². The molecule has 0 atom stereocenters. The average Bonchev–Trinajstić information content (AvgIpc) is 2.41. The number of benzene rings is 2. The number of fused-ring (bicyclic) bond motifs is 1. The second-order valence-electron chi connectivity index (χ2n) is 5.76. The van der Waals surface area contributed by atoms with Crippen molar-refractivity contribution >= 4 is 10.8 Å². The molecule has 106 valence electrons. The van der Waals surface area contributed by atoms with Gasteiger partial charge in [-0.2, -0.15) is 0 Å². The Morgan fingerprint density at radius 2 is 1.32 bits per heavy atom. The van der Waals surface area contributed by atoms with E-state index in [-0.39, 0.29) is 0 Å². The third kappa shape index (κ3) is 7.66. The standard InChI is InChI=1S/C11H10.C6H14.C2H6/c1-9-6-7-10-4-2-3-5-11(10)8-9;1-5-6(2,3)4;1-2/h2-8H,1H3;5H2,1-4H3;1-2H3. The van der Waals surface area contributed by atoms with Crippen molar-refractivity contribution in [3.8, 4) is 0 Å². The Morgan fingerprint density at radius 3 is 1.79 bits per heavy atom. The quantitative estimate of drug-likeness (QED) is 0.498. The summed E-state index contributed by atoms with van der Waals surface area (Å²) in [4.78, 5) is 0. The molecule has 0 radical (unpaired) electrons. The summed E-state index contributed by atoms with van der Waals surface area (Å²) in [5.74, 6) is 0. The number of rotatable bonds is 0.